The summed E-state index contributed by atoms with van der Waals surface area (Å²) >= 11 is 0. The Hall–Kier alpha value is -1.55. The van der Waals surface area contributed by atoms with Crippen LogP contribution < -0.4 is 16.6 Å². The molecule has 1 amide bonds. The molecule has 4 nitrogen and oxygen atoms in total. The van der Waals surface area contributed by atoms with Crippen LogP contribution in [-0.2, 0) is 0 Å². The third-order valence-corrected chi connectivity index (χ3v) is 3.69. The van der Waals surface area contributed by atoms with Crippen LogP contribution in [0.3, 0.4) is 0 Å². The summed E-state index contributed by atoms with van der Waals surface area (Å²) in [5.41, 5.74) is 3.99. The summed E-state index contributed by atoms with van der Waals surface area (Å²) in [5.74, 6) is 5.30. The molecule has 0 unspecified atom stereocenters. The van der Waals surface area contributed by atoms with Gasteiger partial charge < -0.3 is 10.7 Å². The molecule has 0 atom stereocenters. The number of nitrogens with two attached hydrogens (primary N) is 1. The van der Waals surface area contributed by atoms with Gasteiger partial charge in [0.05, 0.1) is 0 Å². The lowest BCUT2D eigenvalue weighted by molar-refractivity contribution is 0.0883. The van der Waals surface area contributed by atoms with Gasteiger partial charge in [-0.15, -0.1) is 0 Å². The van der Waals surface area contributed by atoms with E-state index >= 15 is 0 Å². The molecule has 1 saturated carbocycles. The predicted octanol–water partition coefficient (Wildman–Crippen LogP) is 2.42. The van der Waals surface area contributed by atoms with Crippen LogP contribution in [0.15, 0.2) is 24.3 Å². The zero-order valence-electron chi connectivity index (χ0n) is 10.8. The second-order valence-corrected chi connectivity index (χ2v) is 5.30. The van der Waals surface area contributed by atoms with Crippen molar-refractivity contribution in [3.8, 4) is 0 Å². The van der Waals surface area contributed by atoms with Crippen LogP contribution in [0.5, 0.6) is 0 Å². The van der Waals surface area contributed by atoms with E-state index in [9.17, 15) is 4.79 Å². The number of amides is 1. The van der Waals surface area contributed by atoms with Gasteiger partial charge in [0, 0.05) is 16.8 Å². The molecule has 18 heavy (non-hydrogen) atoms. The Morgan fingerprint density at radius 3 is 2.33 bits per heavy atom. The van der Waals surface area contributed by atoms with Crippen molar-refractivity contribution in [1.82, 2.24) is 5.32 Å². The minimum absolute atomic E-state index is 0.00275. The fourth-order valence-corrected chi connectivity index (χ4v) is 2.52. The number of hydrazine groups is 1. The fraction of sp³-hybridized carbons (Fsp3) is 0.500. The number of carbonyl (C=O) groups is 1. The standard InChI is InChI=1S/C14H21N3O/c1-14(9-3-2-4-10-14)16-13(18)11-5-7-12(17-15)8-6-11/h5-8,17H,2-4,9-10,15H2,1H3,(H,16,18). The molecule has 2 rings (SSSR count). The molecule has 0 aromatic heterocycles. The molecule has 0 radical (unpaired) electrons. The zero-order valence-corrected chi connectivity index (χ0v) is 10.8. The molecular weight excluding hydrogens is 226 g/mol. The van der Waals surface area contributed by atoms with Crippen molar-refractivity contribution in [2.45, 2.75) is 44.6 Å². The van der Waals surface area contributed by atoms with E-state index < -0.39 is 0 Å². The highest BCUT2D eigenvalue weighted by molar-refractivity contribution is 5.95. The highest BCUT2D eigenvalue weighted by Crippen LogP contribution is 2.27. The Balaban J connectivity index is 2.02. The first-order valence-electron chi connectivity index (χ1n) is 6.52. The summed E-state index contributed by atoms with van der Waals surface area (Å²) in [6.07, 6.45) is 5.82. The molecule has 4 N–H and O–H groups in total. The first-order valence-corrected chi connectivity index (χ1v) is 6.52. The van der Waals surface area contributed by atoms with E-state index in [0.29, 0.717) is 5.56 Å². The number of nitrogens with one attached hydrogen (secondary N) is 2. The third-order valence-electron chi connectivity index (χ3n) is 3.69. The van der Waals surface area contributed by atoms with Crippen molar-refractivity contribution >= 4 is 11.6 Å². The second kappa shape index (κ2) is 5.40. The number of carbonyl (C=O) groups excluding carboxylic acids is 1. The Kier molecular flexibility index (Phi) is 3.87. The molecule has 0 aliphatic heterocycles. The van der Waals surface area contributed by atoms with Crippen LogP contribution in [0.2, 0.25) is 0 Å². The van der Waals surface area contributed by atoms with Crippen LogP contribution in [-0.4, -0.2) is 11.4 Å². The maximum Gasteiger partial charge on any atom is 0.251 e. The average Bonchev–Trinajstić information content (AvgIpc) is 2.39. The van der Waals surface area contributed by atoms with Crippen molar-refractivity contribution in [3.05, 3.63) is 29.8 Å². The van der Waals surface area contributed by atoms with Crippen LogP contribution in [0.25, 0.3) is 0 Å². The lowest BCUT2D eigenvalue weighted by Gasteiger charge is -2.34. The number of nitrogen functional groups attached to an aromatic ring is 1. The maximum absolute atomic E-state index is 12.2. The smallest absolute Gasteiger partial charge is 0.251 e. The topological polar surface area (TPSA) is 67.2 Å². The van der Waals surface area contributed by atoms with Gasteiger partial charge in [-0.3, -0.25) is 10.6 Å². The first kappa shape index (κ1) is 12.9. The quantitative estimate of drug-likeness (QED) is 0.567. The molecule has 1 aliphatic carbocycles. The molecule has 1 aromatic rings. The molecule has 1 aromatic carbocycles. The van der Waals surface area contributed by atoms with Crippen LogP contribution in [0.1, 0.15) is 49.4 Å². The van der Waals surface area contributed by atoms with Gasteiger partial charge in [0.25, 0.3) is 5.91 Å². The van der Waals surface area contributed by atoms with E-state index in [2.05, 4.69) is 17.7 Å². The van der Waals surface area contributed by atoms with E-state index in [0.717, 1.165) is 18.5 Å². The van der Waals surface area contributed by atoms with Gasteiger partial charge >= 0.3 is 0 Å². The Labute approximate surface area is 108 Å². The fourth-order valence-electron chi connectivity index (χ4n) is 2.52. The highest BCUT2D eigenvalue weighted by Gasteiger charge is 2.28. The lowest BCUT2D eigenvalue weighted by atomic mass is 9.83. The summed E-state index contributed by atoms with van der Waals surface area (Å²) in [6, 6.07) is 7.18. The molecule has 0 spiro atoms. The van der Waals surface area contributed by atoms with Crippen LogP contribution in [0.4, 0.5) is 5.69 Å². The predicted molar refractivity (Wildman–Crippen MR) is 73.2 cm³/mol. The minimum Gasteiger partial charge on any atom is -0.347 e. The minimum atomic E-state index is -0.0415. The molecule has 4 heteroatoms. The molecule has 0 heterocycles. The zero-order chi connectivity index (χ0) is 13.0. The van der Waals surface area contributed by atoms with E-state index in [1.54, 1.807) is 24.3 Å². The lowest BCUT2D eigenvalue weighted by Crippen LogP contribution is -2.47. The van der Waals surface area contributed by atoms with Crippen molar-refractivity contribution < 1.29 is 4.79 Å². The summed E-state index contributed by atoms with van der Waals surface area (Å²) in [5, 5.41) is 3.16. The number of anilines is 1. The highest BCUT2D eigenvalue weighted by atomic mass is 16.1. The summed E-state index contributed by atoms with van der Waals surface area (Å²) in [7, 11) is 0. The molecule has 0 bridgehead atoms. The Bertz CT molecular complexity index is 408. The second-order valence-electron chi connectivity index (χ2n) is 5.30. The summed E-state index contributed by atoms with van der Waals surface area (Å²) in [4.78, 5) is 12.2. The summed E-state index contributed by atoms with van der Waals surface area (Å²) < 4.78 is 0. The van der Waals surface area contributed by atoms with E-state index in [4.69, 9.17) is 5.84 Å². The van der Waals surface area contributed by atoms with Gasteiger partial charge in [-0.25, -0.2) is 0 Å². The van der Waals surface area contributed by atoms with E-state index in [1.807, 2.05) is 0 Å². The molecule has 1 aliphatic rings. The third kappa shape index (κ3) is 3.01. The van der Waals surface area contributed by atoms with Crippen molar-refractivity contribution in [2.75, 3.05) is 5.43 Å². The number of benzene rings is 1. The molecule has 98 valence electrons. The van der Waals surface area contributed by atoms with Gasteiger partial charge in [-0.2, -0.15) is 0 Å². The van der Waals surface area contributed by atoms with Gasteiger partial charge in [0.2, 0.25) is 0 Å². The van der Waals surface area contributed by atoms with Crippen molar-refractivity contribution in [2.24, 2.45) is 5.84 Å². The van der Waals surface area contributed by atoms with Crippen LogP contribution >= 0.6 is 0 Å². The Morgan fingerprint density at radius 1 is 1.17 bits per heavy atom. The largest absolute Gasteiger partial charge is 0.347 e. The molecule has 0 saturated heterocycles. The maximum atomic E-state index is 12.2. The first-order chi connectivity index (χ1) is 8.63. The average molecular weight is 247 g/mol. The van der Waals surface area contributed by atoms with Gasteiger partial charge in [0.1, 0.15) is 0 Å². The van der Waals surface area contributed by atoms with Crippen LogP contribution in [0, 0.1) is 0 Å². The monoisotopic (exact) mass is 247 g/mol. The number of rotatable bonds is 3. The van der Waals surface area contributed by atoms with Crippen molar-refractivity contribution in [1.29, 1.82) is 0 Å². The van der Waals surface area contributed by atoms with Crippen molar-refractivity contribution in [3.63, 3.8) is 0 Å². The Morgan fingerprint density at radius 2 is 1.78 bits per heavy atom. The van der Waals surface area contributed by atoms with Gasteiger partial charge in [-0.1, -0.05) is 19.3 Å². The van der Waals surface area contributed by atoms with Gasteiger partial charge in [0.15, 0.2) is 0 Å². The summed E-state index contributed by atoms with van der Waals surface area (Å²) in [6.45, 7) is 2.14. The number of hydrogen-bond donors (Lipinski definition) is 3. The van der Waals surface area contributed by atoms with E-state index in [1.165, 1.54) is 19.3 Å². The number of hydrogen-bond acceptors (Lipinski definition) is 3. The van der Waals surface area contributed by atoms with E-state index in [-0.39, 0.29) is 11.4 Å². The normalized spacial score (nSPS) is 18.1. The molecular formula is C14H21N3O. The SMILES string of the molecule is CC1(NC(=O)c2ccc(NN)cc2)CCCCC1. The molecule has 1 fully saturated rings. The van der Waals surface area contributed by atoms with Gasteiger partial charge in [-0.05, 0) is 44.0 Å².